The Morgan fingerprint density at radius 3 is 3.09 bits per heavy atom. The molecule has 11 heavy (non-hydrogen) atoms. The average Bonchev–Trinajstić information content (AvgIpc) is 2.39. The van der Waals surface area contributed by atoms with Gasteiger partial charge in [0.15, 0.2) is 0 Å². The predicted molar refractivity (Wildman–Crippen MR) is 52.3 cm³/mol. The molecule has 0 saturated carbocycles. The molecule has 0 aromatic carbocycles. The van der Waals surface area contributed by atoms with Crippen LogP contribution in [0.2, 0.25) is 0 Å². The zero-order chi connectivity index (χ0) is 8.10. The number of aromatic nitrogens is 1. The SMILES string of the molecule is CC(C)=CCSc1nccs1. The number of allylic oxidation sites excluding steroid dienone is 1. The summed E-state index contributed by atoms with van der Waals surface area (Å²) >= 11 is 3.48. The highest BCUT2D eigenvalue weighted by Gasteiger charge is 1.92. The van der Waals surface area contributed by atoms with Crippen LogP contribution in [0, 0.1) is 0 Å². The van der Waals surface area contributed by atoms with Crippen LogP contribution in [0.4, 0.5) is 0 Å². The third kappa shape index (κ3) is 3.58. The monoisotopic (exact) mass is 185 g/mol. The molecule has 3 heteroatoms. The van der Waals surface area contributed by atoms with Gasteiger partial charge in [0.05, 0.1) is 0 Å². The van der Waals surface area contributed by atoms with Crippen molar-refractivity contribution in [2.24, 2.45) is 0 Å². The van der Waals surface area contributed by atoms with Crippen LogP contribution in [0.25, 0.3) is 0 Å². The Kier molecular flexibility index (Phi) is 3.66. The quantitative estimate of drug-likeness (QED) is 0.530. The Morgan fingerprint density at radius 1 is 1.73 bits per heavy atom. The minimum Gasteiger partial charge on any atom is -0.238 e. The van der Waals surface area contributed by atoms with Crippen LogP contribution in [0.15, 0.2) is 27.6 Å². The van der Waals surface area contributed by atoms with Gasteiger partial charge < -0.3 is 0 Å². The fraction of sp³-hybridized carbons (Fsp3) is 0.375. The lowest BCUT2D eigenvalue weighted by molar-refractivity contribution is 1.25. The maximum atomic E-state index is 4.17. The van der Waals surface area contributed by atoms with E-state index in [1.165, 1.54) is 5.57 Å². The molecule has 1 nitrogen and oxygen atoms in total. The largest absolute Gasteiger partial charge is 0.238 e. The van der Waals surface area contributed by atoms with Crippen LogP contribution in [-0.2, 0) is 0 Å². The highest BCUT2D eigenvalue weighted by Crippen LogP contribution is 2.20. The summed E-state index contributed by atoms with van der Waals surface area (Å²) in [4.78, 5) is 4.17. The molecule has 1 aromatic heterocycles. The lowest BCUT2D eigenvalue weighted by Crippen LogP contribution is -1.72. The van der Waals surface area contributed by atoms with E-state index in [1.54, 1.807) is 23.1 Å². The molecule has 0 aliphatic rings. The van der Waals surface area contributed by atoms with Crippen LogP contribution in [-0.4, -0.2) is 10.7 Å². The number of hydrogen-bond donors (Lipinski definition) is 0. The van der Waals surface area contributed by atoms with Crippen molar-refractivity contribution < 1.29 is 0 Å². The molecule has 0 atom stereocenters. The maximum absolute atomic E-state index is 4.17. The van der Waals surface area contributed by atoms with E-state index in [4.69, 9.17) is 0 Å². The van der Waals surface area contributed by atoms with Gasteiger partial charge >= 0.3 is 0 Å². The zero-order valence-electron chi connectivity index (χ0n) is 6.70. The molecule has 0 aliphatic carbocycles. The zero-order valence-corrected chi connectivity index (χ0v) is 8.34. The van der Waals surface area contributed by atoms with Gasteiger partial charge in [-0.15, -0.1) is 11.3 Å². The third-order valence-corrected chi connectivity index (χ3v) is 3.00. The summed E-state index contributed by atoms with van der Waals surface area (Å²) in [7, 11) is 0. The lowest BCUT2D eigenvalue weighted by atomic mass is 10.3. The summed E-state index contributed by atoms with van der Waals surface area (Å²) in [6.45, 7) is 4.23. The maximum Gasteiger partial charge on any atom is 0.150 e. The van der Waals surface area contributed by atoms with Crippen molar-refractivity contribution >= 4 is 23.1 Å². The minimum atomic E-state index is 1.04. The van der Waals surface area contributed by atoms with Crippen LogP contribution in [0.1, 0.15) is 13.8 Å². The summed E-state index contributed by atoms with van der Waals surface area (Å²) in [5.41, 5.74) is 1.37. The first kappa shape index (κ1) is 8.81. The molecule has 0 radical (unpaired) electrons. The van der Waals surface area contributed by atoms with Gasteiger partial charge in [-0.3, -0.25) is 0 Å². The van der Waals surface area contributed by atoms with E-state index < -0.39 is 0 Å². The summed E-state index contributed by atoms with van der Waals surface area (Å²) in [5.74, 6) is 1.04. The van der Waals surface area contributed by atoms with E-state index in [9.17, 15) is 0 Å². The fourth-order valence-electron chi connectivity index (χ4n) is 0.561. The van der Waals surface area contributed by atoms with Gasteiger partial charge in [-0.05, 0) is 13.8 Å². The van der Waals surface area contributed by atoms with E-state index in [0.717, 1.165) is 10.1 Å². The van der Waals surface area contributed by atoms with Crippen LogP contribution >= 0.6 is 23.1 Å². The number of hydrogen-bond acceptors (Lipinski definition) is 3. The Balaban J connectivity index is 2.30. The number of thioether (sulfide) groups is 1. The molecule has 0 unspecified atom stereocenters. The van der Waals surface area contributed by atoms with E-state index in [2.05, 4.69) is 24.9 Å². The minimum absolute atomic E-state index is 1.04. The summed E-state index contributed by atoms with van der Waals surface area (Å²) < 4.78 is 1.16. The van der Waals surface area contributed by atoms with E-state index in [-0.39, 0.29) is 0 Å². The Labute approximate surface area is 75.5 Å². The summed E-state index contributed by atoms with van der Waals surface area (Å²) in [6.07, 6.45) is 4.06. The van der Waals surface area contributed by atoms with Crippen LogP contribution in [0.3, 0.4) is 0 Å². The molecule has 1 aromatic rings. The highest BCUT2D eigenvalue weighted by molar-refractivity contribution is 8.01. The van der Waals surface area contributed by atoms with Crippen LogP contribution in [0.5, 0.6) is 0 Å². The van der Waals surface area contributed by atoms with E-state index >= 15 is 0 Å². The van der Waals surface area contributed by atoms with E-state index in [1.807, 2.05) is 11.6 Å². The third-order valence-electron chi connectivity index (χ3n) is 1.11. The predicted octanol–water partition coefficient (Wildman–Crippen LogP) is 3.20. The molecular weight excluding hydrogens is 174 g/mol. The molecule has 0 amide bonds. The topological polar surface area (TPSA) is 12.9 Å². The van der Waals surface area contributed by atoms with Gasteiger partial charge in [-0.2, -0.15) is 0 Å². The van der Waals surface area contributed by atoms with E-state index in [0.29, 0.717) is 0 Å². The first-order valence-electron chi connectivity index (χ1n) is 3.44. The second-order valence-corrected chi connectivity index (χ2v) is 4.55. The van der Waals surface area contributed by atoms with Crippen molar-refractivity contribution in [1.82, 2.24) is 4.98 Å². The first-order chi connectivity index (χ1) is 5.29. The van der Waals surface area contributed by atoms with Gasteiger partial charge in [0.25, 0.3) is 0 Å². The Hall–Kier alpha value is -0.280. The van der Waals surface area contributed by atoms with Crippen molar-refractivity contribution in [2.45, 2.75) is 18.2 Å². The van der Waals surface area contributed by atoms with Crippen molar-refractivity contribution in [3.05, 3.63) is 23.2 Å². The van der Waals surface area contributed by atoms with Gasteiger partial charge in [-0.25, -0.2) is 4.98 Å². The number of nitrogens with zero attached hydrogens (tertiary/aromatic N) is 1. The van der Waals surface area contributed by atoms with Crippen molar-refractivity contribution in [3.8, 4) is 0 Å². The van der Waals surface area contributed by atoms with Gasteiger partial charge in [-0.1, -0.05) is 23.4 Å². The molecule has 0 bridgehead atoms. The van der Waals surface area contributed by atoms with Crippen molar-refractivity contribution in [1.29, 1.82) is 0 Å². The molecule has 0 N–H and O–H groups in total. The number of rotatable bonds is 3. The fourth-order valence-corrected chi connectivity index (χ4v) is 2.26. The standard InChI is InChI=1S/C8H11NS2/c1-7(2)3-5-10-8-9-4-6-11-8/h3-4,6H,5H2,1-2H3. The van der Waals surface area contributed by atoms with Crippen LogP contribution < -0.4 is 0 Å². The molecule has 0 aliphatic heterocycles. The number of thiazole rings is 1. The lowest BCUT2D eigenvalue weighted by Gasteiger charge is -1.90. The molecule has 0 fully saturated rings. The average molecular weight is 185 g/mol. The van der Waals surface area contributed by atoms with Crippen molar-refractivity contribution in [2.75, 3.05) is 5.75 Å². The normalized spacial score (nSPS) is 9.64. The smallest absolute Gasteiger partial charge is 0.150 e. The molecule has 0 spiro atoms. The molecule has 1 rings (SSSR count). The van der Waals surface area contributed by atoms with Gasteiger partial charge in [0, 0.05) is 17.3 Å². The summed E-state index contributed by atoms with van der Waals surface area (Å²) in [5, 5.41) is 2.00. The Morgan fingerprint density at radius 2 is 2.55 bits per heavy atom. The molecule has 1 heterocycles. The molecule has 0 saturated heterocycles. The van der Waals surface area contributed by atoms with Gasteiger partial charge in [0.1, 0.15) is 4.34 Å². The highest BCUT2D eigenvalue weighted by atomic mass is 32.2. The Bertz CT molecular complexity index is 222. The van der Waals surface area contributed by atoms with Crippen molar-refractivity contribution in [3.63, 3.8) is 0 Å². The first-order valence-corrected chi connectivity index (χ1v) is 5.31. The van der Waals surface area contributed by atoms with Gasteiger partial charge in [0.2, 0.25) is 0 Å². The second-order valence-electron chi connectivity index (χ2n) is 2.39. The summed E-state index contributed by atoms with van der Waals surface area (Å²) in [6, 6.07) is 0. The molecule has 60 valence electrons. The second kappa shape index (κ2) is 4.57. The molecular formula is C8H11NS2.